The number of carboxylic acid groups (broad SMARTS) is 1. The van der Waals surface area contributed by atoms with Gasteiger partial charge in [0.1, 0.15) is 12.7 Å². The van der Waals surface area contributed by atoms with Gasteiger partial charge in [0, 0.05) is 22.7 Å². The van der Waals surface area contributed by atoms with Gasteiger partial charge in [-0.3, -0.25) is 0 Å². The van der Waals surface area contributed by atoms with Crippen LogP contribution in [0, 0.1) is 13.8 Å². The number of aryl methyl sites for hydroxylation is 2. The van der Waals surface area contributed by atoms with E-state index in [0.29, 0.717) is 6.61 Å². The van der Waals surface area contributed by atoms with Crippen molar-refractivity contribution in [1.29, 1.82) is 0 Å². The summed E-state index contributed by atoms with van der Waals surface area (Å²) in [6.45, 7) is 4.07. The van der Waals surface area contributed by atoms with E-state index in [0.717, 1.165) is 33.2 Å². The number of aliphatic carboxylic acids is 1. The Hall–Kier alpha value is -3.16. The van der Waals surface area contributed by atoms with Crippen molar-refractivity contribution in [3.63, 3.8) is 0 Å². The predicted molar refractivity (Wildman–Crippen MR) is 108 cm³/mol. The van der Waals surface area contributed by atoms with Gasteiger partial charge in [0.25, 0.3) is 0 Å². The van der Waals surface area contributed by atoms with E-state index in [4.69, 9.17) is 20.3 Å². The minimum absolute atomic E-state index is 0.276. The van der Waals surface area contributed by atoms with Gasteiger partial charge >= 0.3 is 11.9 Å². The number of aromatic nitrogens is 1. The van der Waals surface area contributed by atoms with Gasteiger partial charge in [-0.25, -0.2) is 9.59 Å². The fraction of sp³-hybridized carbons (Fsp3) is 0.273. The number of fused-ring (bicyclic) bond motifs is 1. The van der Waals surface area contributed by atoms with E-state index in [1.165, 1.54) is 0 Å². The maximum absolute atomic E-state index is 11.3. The standard InChI is InChI=1S/C22H24N2O5/c1-13-7-14(2)9-15(8-13)11-28-20(18(23)12-29-22(27)21(25)26)17-10-24-19-6-4-3-5-16(17)19/h3-10,18,20,24H,11-12,23H2,1-2H3,(H,25,26). The molecule has 0 aliphatic heterocycles. The number of carbonyl (C=O) groups is 2. The maximum atomic E-state index is 11.3. The van der Waals surface area contributed by atoms with Crippen LogP contribution >= 0.6 is 0 Å². The lowest BCUT2D eigenvalue weighted by Crippen LogP contribution is -2.36. The molecule has 2 unspecified atom stereocenters. The topological polar surface area (TPSA) is 115 Å². The van der Waals surface area contributed by atoms with Crippen LogP contribution in [-0.4, -0.2) is 34.7 Å². The molecule has 2 atom stereocenters. The molecule has 29 heavy (non-hydrogen) atoms. The fourth-order valence-electron chi connectivity index (χ4n) is 3.43. The molecule has 0 spiro atoms. The molecule has 7 heteroatoms. The van der Waals surface area contributed by atoms with E-state index in [-0.39, 0.29) is 6.61 Å². The van der Waals surface area contributed by atoms with Crippen LogP contribution in [0.4, 0.5) is 0 Å². The molecule has 2 aromatic carbocycles. The molecular formula is C22H24N2O5. The number of aromatic amines is 1. The fourth-order valence-corrected chi connectivity index (χ4v) is 3.43. The van der Waals surface area contributed by atoms with Crippen LogP contribution in [0.1, 0.15) is 28.4 Å². The first kappa shape index (κ1) is 20.6. The third kappa shape index (κ3) is 5.01. The van der Waals surface area contributed by atoms with E-state index >= 15 is 0 Å². The number of benzene rings is 2. The Morgan fingerprint density at radius 2 is 1.83 bits per heavy atom. The van der Waals surface area contributed by atoms with Gasteiger partial charge in [-0.2, -0.15) is 0 Å². The van der Waals surface area contributed by atoms with E-state index in [1.54, 1.807) is 0 Å². The van der Waals surface area contributed by atoms with Crippen LogP contribution in [0.5, 0.6) is 0 Å². The lowest BCUT2D eigenvalue weighted by Gasteiger charge is -2.24. The molecule has 3 aromatic rings. The van der Waals surface area contributed by atoms with Gasteiger partial charge in [-0.15, -0.1) is 0 Å². The number of hydrogen-bond donors (Lipinski definition) is 3. The zero-order valence-corrected chi connectivity index (χ0v) is 16.3. The molecule has 0 saturated carbocycles. The summed E-state index contributed by atoms with van der Waals surface area (Å²) in [7, 11) is 0. The zero-order chi connectivity index (χ0) is 21.0. The first-order valence-corrected chi connectivity index (χ1v) is 9.25. The Kier molecular flexibility index (Phi) is 6.31. The van der Waals surface area contributed by atoms with Crippen molar-refractivity contribution in [2.24, 2.45) is 5.73 Å². The average Bonchev–Trinajstić information content (AvgIpc) is 3.09. The number of ether oxygens (including phenoxy) is 2. The highest BCUT2D eigenvalue weighted by Crippen LogP contribution is 2.29. The highest BCUT2D eigenvalue weighted by Gasteiger charge is 2.26. The second-order valence-corrected chi connectivity index (χ2v) is 7.08. The number of nitrogens with one attached hydrogen (secondary N) is 1. The second kappa shape index (κ2) is 8.89. The minimum atomic E-state index is -1.66. The first-order chi connectivity index (χ1) is 13.8. The highest BCUT2D eigenvalue weighted by atomic mass is 16.6. The first-order valence-electron chi connectivity index (χ1n) is 9.25. The molecule has 0 fully saturated rings. The number of nitrogens with two attached hydrogens (primary N) is 1. The van der Waals surface area contributed by atoms with E-state index in [1.807, 2.05) is 56.4 Å². The summed E-state index contributed by atoms with van der Waals surface area (Å²) >= 11 is 0. The number of H-pyrrole nitrogens is 1. The Balaban J connectivity index is 1.84. The summed E-state index contributed by atoms with van der Waals surface area (Å²) in [5.41, 5.74) is 11.3. The van der Waals surface area contributed by atoms with Crippen molar-refractivity contribution >= 4 is 22.8 Å². The van der Waals surface area contributed by atoms with Crippen LogP contribution in [-0.2, 0) is 25.7 Å². The predicted octanol–water partition coefficient (Wildman–Crippen LogP) is 3.00. The van der Waals surface area contributed by atoms with Crippen LogP contribution < -0.4 is 5.73 Å². The van der Waals surface area contributed by atoms with Crippen molar-refractivity contribution in [2.75, 3.05) is 6.61 Å². The lowest BCUT2D eigenvalue weighted by atomic mass is 10.0. The van der Waals surface area contributed by atoms with Crippen molar-refractivity contribution in [1.82, 2.24) is 4.98 Å². The third-order valence-corrected chi connectivity index (χ3v) is 4.61. The van der Waals surface area contributed by atoms with Gasteiger partial charge in [0.15, 0.2) is 0 Å². The van der Waals surface area contributed by atoms with Gasteiger partial charge in [0.2, 0.25) is 0 Å². The summed E-state index contributed by atoms with van der Waals surface area (Å²) in [5.74, 6) is -3.00. The summed E-state index contributed by atoms with van der Waals surface area (Å²) < 4.78 is 11.0. The molecule has 0 radical (unpaired) electrons. The van der Waals surface area contributed by atoms with E-state index in [9.17, 15) is 9.59 Å². The number of esters is 1. The Morgan fingerprint density at radius 3 is 2.52 bits per heavy atom. The number of carbonyl (C=O) groups excluding carboxylic acids is 1. The summed E-state index contributed by atoms with van der Waals surface area (Å²) in [6.07, 6.45) is 1.21. The molecule has 152 valence electrons. The van der Waals surface area contributed by atoms with E-state index < -0.39 is 24.1 Å². The third-order valence-electron chi connectivity index (χ3n) is 4.61. The molecule has 0 amide bonds. The number of hydrogen-bond acceptors (Lipinski definition) is 5. The molecule has 1 heterocycles. The SMILES string of the molecule is Cc1cc(C)cc(COC(c2c[nH]c3ccccc23)C(N)COC(=O)C(=O)O)c1. The number of rotatable bonds is 7. The molecule has 7 nitrogen and oxygen atoms in total. The Labute approximate surface area is 168 Å². The highest BCUT2D eigenvalue weighted by molar-refractivity contribution is 6.28. The Bertz CT molecular complexity index is 1010. The van der Waals surface area contributed by atoms with Crippen molar-refractivity contribution in [3.05, 3.63) is 70.9 Å². The maximum Gasteiger partial charge on any atom is 0.417 e. The molecule has 3 rings (SSSR count). The molecule has 0 saturated heterocycles. The molecule has 0 bridgehead atoms. The minimum Gasteiger partial charge on any atom is -0.473 e. The van der Waals surface area contributed by atoms with Gasteiger partial charge in [-0.1, -0.05) is 47.5 Å². The lowest BCUT2D eigenvalue weighted by molar-refractivity contribution is -0.164. The monoisotopic (exact) mass is 396 g/mol. The molecular weight excluding hydrogens is 372 g/mol. The second-order valence-electron chi connectivity index (χ2n) is 7.08. The molecule has 0 aliphatic rings. The van der Waals surface area contributed by atoms with Crippen molar-refractivity contribution < 1.29 is 24.2 Å². The molecule has 4 N–H and O–H groups in total. The van der Waals surface area contributed by atoms with Crippen LogP contribution in [0.25, 0.3) is 10.9 Å². The average molecular weight is 396 g/mol. The Morgan fingerprint density at radius 1 is 1.14 bits per heavy atom. The normalized spacial score (nSPS) is 13.2. The van der Waals surface area contributed by atoms with Crippen LogP contribution in [0.2, 0.25) is 0 Å². The summed E-state index contributed by atoms with van der Waals surface area (Å²) in [5, 5.41) is 9.65. The van der Waals surface area contributed by atoms with Gasteiger partial charge in [0.05, 0.1) is 12.6 Å². The summed E-state index contributed by atoms with van der Waals surface area (Å²) in [4.78, 5) is 25.2. The number of carboxylic acids is 1. The molecule has 0 aliphatic carbocycles. The smallest absolute Gasteiger partial charge is 0.417 e. The van der Waals surface area contributed by atoms with Crippen LogP contribution in [0.3, 0.4) is 0 Å². The van der Waals surface area contributed by atoms with Gasteiger partial charge in [-0.05, 0) is 25.5 Å². The molecule has 1 aromatic heterocycles. The van der Waals surface area contributed by atoms with Gasteiger partial charge < -0.3 is 25.3 Å². The summed E-state index contributed by atoms with van der Waals surface area (Å²) in [6, 6.07) is 13.1. The zero-order valence-electron chi connectivity index (χ0n) is 16.3. The van der Waals surface area contributed by atoms with Crippen LogP contribution in [0.15, 0.2) is 48.7 Å². The largest absolute Gasteiger partial charge is 0.473 e. The van der Waals surface area contributed by atoms with Crippen molar-refractivity contribution in [3.8, 4) is 0 Å². The quantitative estimate of drug-likeness (QED) is 0.418. The number of para-hydroxylation sites is 1. The van der Waals surface area contributed by atoms with Crippen molar-refractivity contribution in [2.45, 2.75) is 32.6 Å². The van der Waals surface area contributed by atoms with E-state index in [2.05, 4.69) is 11.1 Å².